The van der Waals surface area contributed by atoms with Crippen LogP contribution in [0.25, 0.3) is 17.2 Å². The molecule has 2 aromatic carbocycles. The van der Waals surface area contributed by atoms with E-state index in [1.54, 1.807) is 4.90 Å². The maximum absolute atomic E-state index is 13.4. The predicted octanol–water partition coefficient (Wildman–Crippen LogP) is 4.32. The van der Waals surface area contributed by atoms with Gasteiger partial charge in [0.15, 0.2) is 0 Å². The quantitative estimate of drug-likeness (QED) is 0.120. The fourth-order valence-electron chi connectivity index (χ4n) is 4.14. The van der Waals surface area contributed by atoms with E-state index in [0.717, 1.165) is 34.4 Å². The molecule has 1 unspecified atom stereocenters. The third-order valence-corrected chi connectivity index (χ3v) is 5.92. The van der Waals surface area contributed by atoms with Crippen molar-refractivity contribution in [3.05, 3.63) is 64.1 Å². The van der Waals surface area contributed by atoms with E-state index in [9.17, 15) is 14.5 Å². The number of nitroso groups, excluding NO2 is 1. The van der Waals surface area contributed by atoms with Gasteiger partial charge in [-0.3, -0.25) is 9.59 Å². The number of amides is 1. The molecule has 0 aromatic heterocycles. The number of benzene rings is 2. The third-order valence-electron chi connectivity index (χ3n) is 5.92. The highest BCUT2D eigenvalue weighted by Gasteiger charge is 2.25. The molecule has 1 aliphatic rings. The molecular formula is C26H32N6O4. The van der Waals surface area contributed by atoms with Crippen molar-refractivity contribution in [2.75, 3.05) is 32.1 Å². The van der Waals surface area contributed by atoms with E-state index in [1.807, 2.05) is 55.5 Å². The van der Waals surface area contributed by atoms with E-state index in [2.05, 4.69) is 20.8 Å². The zero-order valence-electron chi connectivity index (χ0n) is 20.6. The van der Waals surface area contributed by atoms with Crippen LogP contribution >= 0.6 is 0 Å². The fraction of sp³-hybridized carbons (Fsp3) is 0.385. The Hall–Kier alpha value is -4.08. The van der Waals surface area contributed by atoms with Gasteiger partial charge < -0.3 is 20.8 Å². The Labute approximate surface area is 210 Å². The van der Waals surface area contributed by atoms with Gasteiger partial charge in [-0.15, -0.1) is 5.11 Å². The number of nitrogens with zero attached hydrogens (tertiary/aromatic N) is 4. The number of carbonyl (C=O) groups excluding carboxylic acids is 2. The summed E-state index contributed by atoms with van der Waals surface area (Å²) in [6, 6.07) is 13.6. The Morgan fingerprint density at radius 2 is 1.89 bits per heavy atom. The molecule has 10 heteroatoms. The van der Waals surface area contributed by atoms with Crippen molar-refractivity contribution in [3.8, 4) is 11.1 Å². The Kier molecular flexibility index (Phi) is 9.67. The van der Waals surface area contributed by atoms with Crippen LogP contribution in [0.15, 0.2) is 63.6 Å². The summed E-state index contributed by atoms with van der Waals surface area (Å²) < 4.78 is 4.73. The summed E-state index contributed by atoms with van der Waals surface area (Å²) in [6.45, 7) is 3.23. The van der Waals surface area contributed by atoms with Gasteiger partial charge >= 0.3 is 5.97 Å². The predicted molar refractivity (Wildman–Crippen MR) is 139 cm³/mol. The molecule has 0 saturated heterocycles. The van der Waals surface area contributed by atoms with Gasteiger partial charge in [-0.05, 0) is 47.2 Å². The lowest BCUT2D eigenvalue weighted by molar-refractivity contribution is -0.139. The van der Waals surface area contributed by atoms with Crippen LogP contribution in [-0.4, -0.2) is 49.7 Å². The largest absolute Gasteiger partial charge is 0.469 e. The van der Waals surface area contributed by atoms with E-state index in [0.29, 0.717) is 31.5 Å². The van der Waals surface area contributed by atoms with E-state index >= 15 is 0 Å². The molecule has 0 saturated carbocycles. The van der Waals surface area contributed by atoms with E-state index in [1.165, 1.54) is 7.11 Å². The molecule has 0 fully saturated rings. The van der Waals surface area contributed by atoms with Crippen LogP contribution in [0.3, 0.4) is 0 Å². The van der Waals surface area contributed by atoms with Gasteiger partial charge in [0, 0.05) is 30.8 Å². The Morgan fingerprint density at radius 1 is 1.14 bits per heavy atom. The molecule has 1 amide bonds. The number of nitrogens with two attached hydrogens (primary N) is 1. The molecule has 3 N–H and O–H groups in total. The molecule has 1 atom stereocenters. The number of fused-ring (bicyclic) bond motifs is 1. The molecule has 36 heavy (non-hydrogen) atoms. The maximum Gasteiger partial charge on any atom is 0.309 e. The van der Waals surface area contributed by atoms with Crippen LogP contribution in [0.4, 0.5) is 5.69 Å². The lowest BCUT2D eigenvalue weighted by atomic mass is 9.99. The number of anilines is 1. The highest BCUT2D eigenvalue weighted by atomic mass is 16.5. The normalized spacial score (nSPS) is 14.8. The summed E-state index contributed by atoms with van der Waals surface area (Å²) in [4.78, 5) is 37.2. The van der Waals surface area contributed by atoms with Gasteiger partial charge in [-0.2, -0.15) is 4.91 Å². The number of hydrogen-bond acceptors (Lipinski definition) is 8. The maximum atomic E-state index is 13.4. The molecule has 190 valence electrons. The van der Waals surface area contributed by atoms with Crippen molar-refractivity contribution in [2.45, 2.75) is 38.8 Å². The molecule has 2 aromatic rings. The summed E-state index contributed by atoms with van der Waals surface area (Å²) in [6.07, 6.45) is 3.22. The zero-order valence-corrected chi connectivity index (χ0v) is 20.6. The summed E-state index contributed by atoms with van der Waals surface area (Å²) >= 11 is 0. The molecular weight excluding hydrogens is 460 g/mol. The number of ether oxygens (including phenoxy) is 1. The van der Waals surface area contributed by atoms with Crippen LogP contribution in [0, 0.1) is 4.91 Å². The van der Waals surface area contributed by atoms with Crippen LogP contribution in [-0.2, 0) is 20.7 Å². The van der Waals surface area contributed by atoms with Gasteiger partial charge in [0.25, 0.3) is 0 Å². The van der Waals surface area contributed by atoms with Crippen LogP contribution in [0.2, 0.25) is 0 Å². The number of methoxy groups -OCH3 is 1. The first-order chi connectivity index (χ1) is 17.5. The Bertz CT molecular complexity index is 1130. The minimum Gasteiger partial charge on any atom is -0.469 e. The van der Waals surface area contributed by atoms with Crippen molar-refractivity contribution < 1.29 is 14.3 Å². The molecule has 0 radical (unpaired) electrons. The highest BCUT2D eigenvalue weighted by molar-refractivity contribution is 5.99. The second-order valence-corrected chi connectivity index (χ2v) is 8.52. The van der Waals surface area contributed by atoms with Crippen molar-refractivity contribution in [1.82, 2.24) is 4.90 Å². The zero-order chi connectivity index (χ0) is 25.9. The second-order valence-electron chi connectivity index (χ2n) is 8.52. The summed E-state index contributed by atoms with van der Waals surface area (Å²) in [5, 5.41) is 13.8. The summed E-state index contributed by atoms with van der Waals surface area (Å²) in [5.41, 5.74) is 5.06. The van der Waals surface area contributed by atoms with Gasteiger partial charge in [0.1, 0.15) is 6.17 Å². The average molecular weight is 493 g/mol. The van der Waals surface area contributed by atoms with E-state index < -0.39 is 6.17 Å². The van der Waals surface area contributed by atoms with E-state index in [4.69, 9.17) is 10.6 Å². The smallest absolute Gasteiger partial charge is 0.309 e. The minimum absolute atomic E-state index is 0.0973. The molecule has 1 aliphatic heterocycles. The fourth-order valence-corrected chi connectivity index (χ4v) is 4.14. The minimum atomic E-state index is -0.510. The second kappa shape index (κ2) is 13.1. The van der Waals surface area contributed by atoms with Gasteiger partial charge in [0.05, 0.1) is 20.1 Å². The number of esters is 1. The number of hydrogen-bond donors (Lipinski definition) is 2. The lowest BCUT2D eigenvalue weighted by Gasteiger charge is -2.23. The molecule has 0 bridgehead atoms. The van der Waals surface area contributed by atoms with Crippen molar-refractivity contribution in [3.63, 3.8) is 0 Å². The standard InChI is InChI=1S/C26H32N6O4/c1-3-12-32(13-4-11-28-35)26(34)22-15-21-10-9-20(16-23(21)29-24(17-22)30-31-27)19-7-5-18(6-8-19)14-25(33)36-2/h5-10,15-16,24,29H,3-4,11-14,17H2,1-2H3,(H2,27,30). The van der Waals surface area contributed by atoms with Crippen LogP contribution < -0.4 is 11.2 Å². The SMILES string of the molecule is CCCN(CCCN=O)C(=O)C1=Cc2ccc(-c3ccc(CC(=O)OC)cc3)cc2NC(N=NN)C1. The van der Waals surface area contributed by atoms with Crippen molar-refractivity contribution in [2.24, 2.45) is 21.4 Å². The summed E-state index contributed by atoms with van der Waals surface area (Å²) in [7, 11) is 1.37. The topological polar surface area (TPSA) is 139 Å². The monoisotopic (exact) mass is 492 g/mol. The van der Waals surface area contributed by atoms with Crippen molar-refractivity contribution >= 4 is 23.6 Å². The van der Waals surface area contributed by atoms with Crippen LogP contribution in [0.5, 0.6) is 0 Å². The van der Waals surface area contributed by atoms with Gasteiger partial charge in [0.2, 0.25) is 5.91 Å². The summed E-state index contributed by atoms with van der Waals surface area (Å²) in [5.74, 6) is 4.97. The first-order valence-electron chi connectivity index (χ1n) is 11.9. The number of carbonyl (C=O) groups is 2. The number of nitrogens with one attached hydrogen (secondary N) is 1. The average Bonchev–Trinajstić information content (AvgIpc) is 3.07. The number of rotatable bonds is 11. The molecule has 10 nitrogen and oxygen atoms in total. The third kappa shape index (κ3) is 6.97. The molecule has 0 spiro atoms. The Balaban J connectivity index is 1.90. The van der Waals surface area contributed by atoms with E-state index in [-0.39, 0.29) is 24.8 Å². The molecule has 3 rings (SSSR count). The van der Waals surface area contributed by atoms with Gasteiger partial charge in [-0.1, -0.05) is 53.7 Å². The first-order valence-corrected chi connectivity index (χ1v) is 11.9. The Morgan fingerprint density at radius 3 is 2.56 bits per heavy atom. The molecule has 1 heterocycles. The molecule has 0 aliphatic carbocycles. The highest BCUT2D eigenvalue weighted by Crippen LogP contribution is 2.32. The van der Waals surface area contributed by atoms with Gasteiger partial charge in [-0.25, -0.2) is 0 Å². The lowest BCUT2D eigenvalue weighted by Crippen LogP contribution is -2.35. The van der Waals surface area contributed by atoms with Crippen LogP contribution in [0.1, 0.15) is 37.3 Å². The first kappa shape index (κ1) is 26.5. The van der Waals surface area contributed by atoms with Crippen molar-refractivity contribution in [1.29, 1.82) is 0 Å².